The van der Waals surface area contributed by atoms with Crippen LogP contribution in [-0.2, 0) is 29.7 Å². The van der Waals surface area contributed by atoms with Crippen LogP contribution in [0.4, 0.5) is 13.2 Å². The third kappa shape index (κ3) is 6.91. The van der Waals surface area contributed by atoms with Gasteiger partial charge in [0.25, 0.3) is 0 Å². The van der Waals surface area contributed by atoms with E-state index in [0.29, 0.717) is 35.9 Å². The van der Waals surface area contributed by atoms with E-state index in [1.807, 2.05) is 18.2 Å². The maximum atomic E-state index is 14.8. The van der Waals surface area contributed by atoms with E-state index in [4.69, 9.17) is 23.9 Å². The topological polar surface area (TPSA) is 87.9 Å². The van der Waals surface area contributed by atoms with Gasteiger partial charge in [0.1, 0.15) is 23.8 Å². The number of hydrogen-bond donors (Lipinski definition) is 0. The van der Waals surface area contributed by atoms with Gasteiger partial charge in [-0.15, -0.1) is 0 Å². The second kappa shape index (κ2) is 13.5. The fourth-order valence-electron chi connectivity index (χ4n) is 6.07. The Morgan fingerprint density at radius 1 is 1.09 bits per heavy atom. The van der Waals surface area contributed by atoms with Crippen molar-refractivity contribution in [3.05, 3.63) is 82.6 Å². The number of carbonyl (C=O) groups excluding carboxylic acids is 1. The minimum Gasteiger partial charge on any atom is -0.473 e. The Morgan fingerprint density at radius 2 is 1.91 bits per heavy atom. The summed E-state index contributed by atoms with van der Waals surface area (Å²) >= 11 is 0. The van der Waals surface area contributed by atoms with Gasteiger partial charge in [0.2, 0.25) is 5.88 Å². The molecule has 12 heteroatoms. The number of imidazole rings is 1. The number of benzene rings is 2. The quantitative estimate of drug-likeness (QED) is 0.190. The molecule has 2 saturated heterocycles. The number of aromatic nitrogens is 3. The lowest BCUT2D eigenvalue weighted by molar-refractivity contribution is -0.0490. The molecule has 0 amide bonds. The molecule has 4 heterocycles. The predicted octanol–water partition coefficient (Wildman–Crippen LogP) is 6.31. The third-order valence-corrected chi connectivity index (χ3v) is 8.55. The van der Waals surface area contributed by atoms with Gasteiger partial charge in [-0.2, -0.15) is 8.78 Å². The number of nitrogens with zero attached hydrogens (tertiary/aromatic N) is 4. The van der Waals surface area contributed by atoms with Gasteiger partial charge < -0.3 is 23.5 Å². The van der Waals surface area contributed by atoms with Crippen LogP contribution >= 0.6 is 0 Å². The van der Waals surface area contributed by atoms with Crippen molar-refractivity contribution in [2.75, 3.05) is 26.8 Å². The number of fused-ring (bicyclic) bond motifs is 1. The molecule has 0 radical (unpaired) electrons. The van der Waals surface area contributed by atoms with E-state index in [1.165, 1.54) is 19.2 Å². The maximum Gasteiger partial charge on any atom is 0.387 e. The Hall–Kier alpha value is -4.16. The van der Waals surface area contributed by atoms with Crippen molar-refractivity contribution in [3.63, 3.8) is 0 Å². The SMILES string of the molecule is COC(=O)c1cc(OC(F)F)c2nc(CN3CCC(c4cccc(OCc5ccc(C6CCCO6)cc5F)n4)CC3)n(C)c2c1. The summed E-state index contributed by atoms with van der Waals surface area (Å²) in [4.78, 5) is 23.7. The summed E-state index contributed by atoms with van der Waals surface area (Å²) in [6.45, 7) is -0.230. The molecule has 2 aliphatic heterocycles. The highest BCUT2D eigenvalue weighted by molar-refractivity contribution is 5.96. The number of aryl methyl sites for hydroxylation is 1. The van der Waals surface area contributed by atoms with Crippen LogP contribution in [0.5, 0.6) is 11.6 Å². The highest BCUT2D eigenvalue weighted by Gasteiger charge is 2.25. The zero-order valence-electron chi connectivity index (χ0n) is 25.2. The minimum absolute atomic E-state index is 0.0377. The van der Waals surface area contributed by atoms with Crippen molar-refractivity contribution in [2.45, 2.75) is 57.5 Å². The zero-order valence-corrected chi connectivity index (χ0v) is 25.2. The smallest absolute Gasteiger partial charge is 0.387 e. The number of hydrogen-bond acceptors (Lipinski definition) is 8. The highest BCUT2D eigenvalue weighted by Crippen LogP contribution is 2.33. The molecule has 0 saturated carbocycles. The number of alkyl halides is 2. The van der Waals surface area contributed by atoms with Crippen LogP contribution in [0, 0.1) is 5.82 Å². The molecule has 0 aliphatic carbocycles. The van der Waals surface area contributed by atoms with Crippen LogP contribution in [0.2, 0.25) is 0 Å². The fraction of sp³-hybridized carbons (Fsp3) is 0.424. The summed E-state index contributed by atoms with van der Waals surface area (Å²) in [6.07, 6.45) is 3.56. The first-order chi connectivity index (χ1) is 21.8. The second-order valence-electron chi connectivity index (χ2n) is 11.4. The standard InChI is InChI=1S/C33H35F3N4O5/c1-39-26-16-23(32(41)42-2)17-28(45-33(35)36)31(26)38-29(39)18-40-12-10-20(11-13-40)25-5-3-7-30(37-25)44-19-22-9-8-21(15-24(22)34)27-6-4-14-43-27/h3,5,7-9,15-17,20,27,33H,4,6,10-14,18-19H2,1-2H3. The number of methoxy groups -OCH3 is 1. The molecule has 0 N–H and O–H groups in total. The minimum atomic E-state index is -3.06. The van der Waals surface area contributed by atoms with Gasteiger partial charge in [0.05, 0.1) is 30.8 Å². The van der Waals surface area contributed by atoms with Crippen LogP contribution in [0.1, 0.15) is 70.7 Å². The van der Waals surface area contributed by atoms with Crippen LogP contribution < -0.4 is 9.47 Å². The van der Waals surface area contributed by atoms with Crippen LogP contribution in [0.3, 0.4) is 0 Å². The lowest BCUT2D eigenvalue weighted by atomic mass is 9.93. The van der Waals surface area contributed by atoms with Gasteiger partial charge in [0, 0.05) is 36.9 Å². The first-order valence-electron chi connectivity index (χ1n) is 15.0. The van der Waals surface area contributed by atoms with E-state index in [1.54, 1.807) is 29.8 Å². The highest BCUT2D eigenvalue weighted by atomic mass is 19.3. The van der Waals surface area contributed by atoms with Crippen LogP contribution in [0.25, 0.3) is 11.0 Å². The number of ether oxygens (including phenoxy) is 4. The molecule has 0 spiro atoms. The summed E-state index contributed by atoms with van der Waals surface area (Å²) in [5.41, 5.74) is 3.11. The van der Waals surface area contributed by atoms with E-state index in [0.717, 1.165) is 50.0 Å². The average molecular weight is 625 g/mol. The van der Waals surface area contributed by atoms with Gasteiger partial charge >= 0.3 is 12.6 Å². The fourth-order valence-corrected chi connectivity index (χ4v) is 6.07. The Balaban J connectivity index is 1.08. The zero-order chi connectivity index (χ0) is 31.5. The first kappa shape index (κ1) is 30.8. The molecule has 2 aromatic heterocycles. The van der Waals surface area contributed by atoms with Gasteiger partial charge in [-0.1, -0.05) is 18.2 Å². The molecule has 2 aliphatic rings. The van der Waals surface area contributed by atoms with Gasteiger partial charge in [-0.3, -0.25) is 4.90 Å². The number of piperidine rings is 1. The van der Waals surface area contributed by atoms with Gasteiger partial charge in [0.15, 0.2) is 5.75 Å². The molecule has 2 fully saturated rings. The van der Waals surface area contributed by atoms with Gasteiger partial charge in [-0.05, 0) is 68.6 Å². The number of pyridine rings is 1. The number of halogens is 3. The van der Waals surface area contributed by atoms with Crippen LogP contribution in [-0.4, -0.2) is 58.8 Å². The molecule has 1 atom stereocenters. The largest absolute Gasteiger partial charge is 0.473 e. The molecule has 238 valence electrons. The average Bonchev–Trinajstić information content (AvgIpc) is 3.69. The monoisotopic (exact) mass is 624 g/mol. The summed E-state index contributed by atoms with van der Waals surface area (Å²) < 4.78 is 63.8. The van der Waals surface area contributed by atoms with Gasteiger partial charge in [-0.25, -0.2) is 19.2 Å². The lowest BCUT2D eigenvalue weighted by Gasteiger charge is -2.31. The summed E-state index contributed by atoms with van der Waals surface area (Å²) in [6, 6.07) is 13.7. The molecule has 6 rings (SSSR count). The Bertz CT molecular complexity index is 1670. The Kier molecular flexibility index (Phi) is 9.22. The molecular weight excluding hydrogens is 589 g/mol. The van der Waals surface area contributed by atoms with E-state index in [2.05, 4.69) is 9.88 Å². The molecule has 9 nitrogen and oxygen atoms in total. The number of carbonyl (C=O) groups is 1. The molecule has 1 unspecified atom stereocenters. The second-order valence-corrected chi connectivity index (χ2v) is 11.4. The normalized spacial score (nSPS) is 17.7. The van der Waals surface area contributed by atoms with Crippen molar-refractivity contribution >= 4 is 17.0 Å². The van der Waals surface area contributed by atoms with Crippen LogP contribution in [0.15, 0.2) is 48.5 Å². The van der Waals surface area contributed by atoms with E-state index >= 15 is 0 Å². The first-order valence-corrected chi connectivity index (χ1v) is 15.0. The molecule has 4 aromatic rings. The lowest BCUT2D eigenvalue weighted by Crippen LogP contribution is -2.33. The van der Waals surface area contributed by atoms with Crippen molar-refractivity contribution in [1.29, 1.82) is 0 Å². The molecule has 0 bridgehead atoms. The molecular formula is C33H35F3N4O5. The molecule has 45 heavy (non-hydrogen) atoms. The summed E-state index contributed by atoms with van der Waals surface area (Å²) in [7, 11) is 3.01. The summed E-state index contributed by atoms with van der Waals surface area (Å²) in [5.74, 6) is 0.199. The third-order valence-electron chi connectivity index (χ3n) is 8.55. The Labute approximate surface area is 258 Å². The maximum absolute atomic E-state index is 14.8. The van der Waals surface area contributed by atoms with E-state index in [-0.39, 0.29) is 41.3 Å². The summed E-state index contributed by atoms with van der Waals surface area (Å²) in [5, 5.41) is 0. The predicted molar refractivity (Wildman–Crippen MR) is 159 cm³/mol. The number of esters is 1. The van der Waals surface area contributed by atoms with E-state index in [9.17, 15) is 18.0 Å². The number of rotatable bonds is 10. The molecule has 2 aromatic carbocycles. The Morgan fingerprint density at radius 3 is 2.62 bits per heavy atom. The van der Waals surface area contributed by atoms with Crippen molar-refractivity contribution in [2.24, 2.45) is 7.05 Å². The van der Waals surface area contributed by atoms with Crippen molar-refractivity contribution in [1.82, 2.24) is 19.4 Å². The number of likely N-dealkylation sites (tertiary alicyclic amines) is 1. The van der Waals surface area contributed by atoms with Crippen molar-refractivity contribution in [3.8, 4) is 11.6 Å². The van der Waals surface area contributed by atoms with Crippen molar-refractivity contribution < 1.29 is 36.9 Å². The van der Waals surface area contributed by atoms with E-state index < -0.39 is 12.6 Å².